The van der Waals surface area contributed by atoms with E-state index in [4.69, 9.17) is 0 Å². The average molecular weight is 336 g/mol. The first-order chi connectivity index (χ1) is 11.0. The lowest BCUT2D eigenvalue weighted by molar-refractivity contribution is 0.0696. The Morgan fingerprint density at radius 3 is 2.57 bits per heavy atom. The van der Waals surface area contributed by atoms with Gasteiger partial charge in [0.1, 0.15) is 0 Å². The first-order valence-electron chi connectivity index (χ1n) is 8.37. The van der Waals surface area contributed by atoms with E-state index in [-0.39, 0.29) is 11.7 Å². The van der Waals surface area contributed by atoms with Gasteiger partial charge in [0.2, 0.25) is 10.0 Å². The zero-order valence-electron chi connectivity index (χ0n) is 13.6. The third-order valence-electron chi connectivity index (χ3n) is 4.92. The minimum atomic E-state index is -3.21. The van der Waals surface area contributed by atoms with Crippen molar-refractivity contribution in [1.29, 1.82) is 0 Å². The molecule has 0 radical (unpaired) electrons. The summed E-state index contributed by atoms with van der Waals surface area (Å²) >= 11 is 0. The molecule has 1 saturated carbocycles. The molecule has 1 aromatic carbocycles. The molecular formula is C17H24N2O3S. The van der Waals surface area contributed by atoms with Gasteiger partial charge in [-0.05, 0) is 37.5 Å². The van der Waals surface area contributed by atoms with Crippen LogP contribution in [0.3, 0.4) is 0 Å². The molecule has 126 valence electrons. The number of carbonyl (C=O) groups is 1. The molecule has 2 aliphatic rings. The second kappa shape index (κ2) is 6.51. The summed E-state index contributed by atoms with van der Waals surface area (Å²) in [7, 11) is -1.36. The van der Waals surface area contributed by atoms with Crippen molar-refractivity contribution in [1.82, 2.24) is 4.90 Å². The van der Waals surface area contributed by atoms with E-state index in [0.717, 1.165) is 12.8 Å². The Balaban J connectivity index is 1.80. The number of hydrogen-bond donors (Lipinski definition) is 0. The molecule has 2 fully saturated rings. The number of amides is 1. The summed E-state index contributed by atoms with van der Waals surface area (Å²) in [5.74, 6) is 0.169. The fourth-order valence-corrected chi connectivity index (χ4v) is 5.12. The van der Waals surface area contributed by atoms with Gasteiger partial charge in [-0.15, -0.1) is 0 Å². The van der Waals surface area contributed by atoms with Crippen molar-refractivity contribution in [2.75, 3.05) is 23.7 Å². The van der Waals surface area contributed by atoms with Gasteiger partial charge in [0.25, 0.3) is 5.91 Å². The van der Waals surface area contributed by atoms with Crippen molar-refractivity contribution in [3.05, 3.63) is 29.8 Å². The van der Waals surface area contributed by atoms with Gasteiger partial charge < -0.3 is 4.90 Å². The van der Waals surface area contributed by atoms with E-state index in [0.29, 0.717) is 30.3 Å². The lowest BCUT2D eigenvalue weighted by Gasteiger charge is -2.31. The van der Waals surface area contributed by atoms with Crippen molar-refractivity contribution in [2.24, 2.45) is 0 Å². The van der Waals surface area contributed by atoms with Gasteiger partial charge in [-0.25, -0.2) is 8.42 Å². The fraction of sp³-hybridized carbons (Fsp3) is 0.588. The van der Waals surface area contributed by atoms with Gasteiger partial charge in [0, 0.05) is 25.2 Å². The van der Waals surface area contributed by atoms with E-state index < -0.39 is 10.0 Å². The van der Waals surface area contributed by atoms with Gasteiger partial charge in [0.15, 0.2) is 0 Å². The fourth-order valence-electron chi connectivity index (χ4n) is 3.56. The third kappa shape index (κ3) is 3.37. The Hall–Kier alpha value is -1.56. The van der Waals surface area contributed by atoms with Crippen molar-refractivity contribution < 1.29 is 13.2 Å². The first-order valence-corrected chi connectivity index (χ1v) is 9.97. The number of nitrogens with zero attached hydrogens (tertiary/aromatic N) is 2. The van der Waals surface area contributed by atoms with Crippen LogP contribution in [0, 0.1) is 0 Å². The van der Waals surface area contributed by atoms with Crippen molar-refractivity contribution in [3.63, 3.8) is 0 Å². The molecule has 0 bridgehead atoms. The van der Waals surface area contributed by atoms with Crippen molar-refractivity contribution >= 4 is 21.6 Å². The highest BCUT2D eigenvalue weighted by atomic mass is 32.2. The van der Waals surface area contributed by atoms with Crippen LogP contribution in [0.5, 0.6) is 0 Å². The Morgan fingerprint density at radius 1 is 1.17 bits per heavy atom. The Labute approximate surface area is 138 Å². The number of carbonyl (C=O) groups excluding carboxylic acids is 1. The number of rotatable bonds is 3. The summed E-state index contributed by atoms with van der Waals surface area (Å²) < 4.78 is 25.5. The topological polar surface area (TPSA) is 57.7 Å². The molecule has 0 unspecified atom stereocenters. The van der Waals surface area contributed by atoms with E-state index in [2.05, 4.69) is 0 Å². The van der Waals surface area contributed by atoms with Crippen LogP contribution in [-0.2, 0) is 10.0 Å². The van der Waals surface area contributed by atoms with Crippen LogP contribution in [-0.4, -0.2) is 44.6 Å². The molecule has 0 N–H and O–H groups in total. The summed E-state index contributed by atoms with van der Waals surface area (Å²) in [6, 6.07) is 7.32. The normalized spacial score (nSPS) is 21.3. The summed E-state index contributed by atoms with van der Waals surface area (Å²) in [4.78, 5) is 14.6. The third-order valence-corrected chi connectivity index (χ3v) is 6.79. The van der Waals surface area contributed by atoms with E-state index in [1.165, 1.54) is 23.6 Å². The Bertz CT molecular complexity index is 681. The minimum absolute atomic E-state index is 0.0182. The van der Waals surface area contributed by atoms with Crippen LogP contribution in [0.15, 0.2) is 24.3 Å². The minimum Gasteiger partial charge on any atom is -0.339 e. The molecule has 5 nitrogen and oxygen atoms in total. The molecule has 23 heavy (non-hydrogen) atoms. The molecule has 0 aromatic heterocycles. The number of sulfonamides is 1. The maximum atomic E-state index is 12.7. The van der Waals surface area contributed by atoms with Gasteiger partial charge >= 0.3 is 0 Å². The molecule has 6 heteroatoms. The Kier molecular flexibility index (Phi) is 4.62. The maximum absolute atomic E-state index is 12.7. The molecule has 0 atom stereocenters. The summed E-state index contributed by atoms with van der Waals surface area (Å²) in [5.41, 5.74) is 1.17. The van der Waals surface area contributed by atoms with Crippen molar-refractivity contribution in [2.45, 2.75) is 44.6 Å². The van der Waals surface area contributed by atoms with Crippen LogP contribution >= 0.6 is 0 Å². The quantitative estimate of drug-likeness (QED) is 0.852. The van der Waals surface area contributed by atoms with Crippen LogP contribution in [0.4, 0.5) is 5.69 Å². The number of benzene rings is 1. The summed E-state index contributed by atoms with van der Waals surface area (Å²) in [6.07, 6.45) is 6.36. The lowest BCUT2D eigenvalue weighted by atomic mass is 9.94. The second-order valence-corrected chi connectivity index (χ2v) is 8.51. The maximum Gasteiger partial charge on any atom is 0.253 e. The smallest absolute Gasteiger partial charge is 0.253 e. The number of anilines is 1. The molecule has 1 aliphatic heterocycles. The van der Waals surface area contributed by atoms with Crippen LogP contribution in [0.25, 0.3) is 0 Å². The first kappa shape index (κ1) is 16.3. The van der Waals surface area contributed by atoms with E-state index >= 15 is 0 Å². The predicted octanol–water partition coefficient (Wildman–Crippen LogP) is 2.63. The molecule has 1 heterocycles. The van der Waals surface area contributed by atoms with Crippen LogP contribution in [0.1, 0.15) is 48.9 Å². The van der Waals surface area contributed by atoms with Crippen LogP contribution < -0.4 is 4.31 Å². The molecule has 1 amide bonds. The molecule has 3 rings (SSSR count). The van der Waals surface area contributed by atoms with Crippen molar-refractivity contribution in [3.8, 4) is 0 Å². The van der Waals surface area contributed by atoms with E-state index in [9.17, 15) is 13.2 Å². The van der Waals surface area contributed by atoms with E-state index in [1.807, 2.05) is 11.9 Å². The molecule has 1 aliphatic carbocycles. The monoisotopic (exact) mass is 336 g/mol. The SMILES string of the molecule is CN(C(=O)c1cccc(N2CCCS2(=O)=O)c1)C1CCCCC1. The summed E-state index contributed by atoms with van der Waals surface area (Å²) in [5, 5.41) is 0. The lowest BCUT2D eigenvalue weighted by Crippen LogP contribution is -2.38. The Morgan fingerprint density at radius 2 is 1.91 bits per heavy atom. The molecule has 1 aromatic rings. The molecule has 0 spiro atoms. The second-order valence-electron chi connectivity index (χ2n) is 6.50. The standard InChI is InChI=1S/C17H24N2O3S/c1-18(15-8-3-2-4-9-15)17(20)14-7-5-10-16(13-14)19-11-6-12-23(19,21)22/h5,7,10,13,15H,2-4,6,8-9,11-12H2,1H3. The van der Waals surface area contributed by atoms with Crippen LogP contribution in [0.2, 0.25) is 0 Å². The number of hydrogen-bond acceptors (Lipinski definition) is 3. The summed E-state index contributed by atoms with van der Waals surface area (Å²) in [6.45, 7) is 0.498. The van der Waals surface area contributed by atoms with Gasteiger partial charge in [0.05, 0.1) is 11.4 Å². The highest BCUT2D eigenvalue weighted by Crippen LogP contribution is 2.27. The van der Waals surface area contributed by atoms with Gasteiger partial charge in [-0.2, -0.15) is 0 Å². The zero-order chi connectivity index (χ0) is 16.4. The van der Waals surface area contributed by atoms with E-state index in [1.54, 1.807) is 24.3 Å². The molecule has 1 saturated heterocycles. The largest absolute Gasteiger partial charge is 0.339 e. The predicted molar refractivity (Wildman–Crippen MR) is 91.2 cm³/mol. The molecular weight excluding hydrogens is 312 g/mol. The van der Waals surface area contributed by atoms with Gasteiger partial charge in [-0.1, -0.05) is 25.3 Å². The average Bonchev–Trinajstić information content (AvgIpc) is 2.93. The zero-order valence-corrected chi connectivity index (χ0v) is 14.4. The van der Waals surface area contributed by atoms with Gasteiger partial charge in [-0.3, -0.25) is 9.10 Å². The highest BCUT2D eigenvalue weighted by molar-refractivity contribution is 7.93. The highest BCUT2D eigenvalue weighted by Gasteiger charge is 2.29.